The number of nitrogen functional groups attached to an aromatic ring is 2. The molecule has 0 aliphatic carbocycles. The highest BCUT2D eigenvalue weighted by Gasteiger charge is 2.11. The third-order valence-electron chi connectivity index (χ3n) is 8.96. The van der Waals surface area contributed by atoms with Gasteiger partial charge in [-0.3, -0.25) is 19.6 Å². The van der Waals surface area contributed by atoms with Crippen molar-refractivity contribution in [2.75, 3.05) is 16.8 Å². The number of benzene rings is 4. The van der Waals surface area contributed by atoms with Gasteiger partial charge >= 0.3 is 6.09 Å². The molecule has 0 unspecified atom stereocenters. The molecule has 58 heavy (non-hydrogen) atoms. The van der Waals surface area contributed by atoms with Crippen molar-refractivity contribution >= 4 is 35.0 Å². The number of nitrogens with one attached hydrogen (secondary N) is 2. The van der Waals surface area contributed by atoms with Crippen molar-refractivity contribution in [3.8, 4) is 11.3 Å². The van der Waals surface area contributed by atoms with E-state index in [9.17, 15) is 14.4 Å². The minimum absolute atomic E-state index is 0.00621. The molecule has 0 saturated heterocycles. The predicted octanol–water partition coefficient (Wildman–Crippen LogP) is 7.67. The molecule has 0 radical (unpaired) electrons. The average molecular weight is 771 g/mol. The number of ether oxygens (including phenoxy) is 1. The number of Topliss-reactive ketones (excluding diaryl/α,β-unsaturated/α-hetero) is 2. The number of pyridine rings is 2. The number of rotatable bonds is 14. The molecule has 7 aromatic rings. The highest BCUT2D eigenvalue weighted by Crippen LogP contribution is 2.18. The molecule has 4 aromatic carbocycles. The van der Waals surface area contributed by atoms with E-state index in [1.54, 1.807) is 55.2 Å². The monoisotopic (exact) mass is 770 g/mol. The first-order chi connectivity index (χ1) is 28.3. The second-order valence-electron chi connectivity index (χ2n) is 13.1. The number of nitrogens with zero attached hydrogens (tertiary/aromatic N) is 4. The van der Waals surface area contributed by atoms with Gasteiger partial charge in [-0.2, -0.15) is 0 Å². The lowest BCUT2D eigenvalue weighted by molar-refractivity contribution is 0.0985. The van der Waals surface area contributed by atoms with Gasteiger partial charge in [0.2, 0.25) is 5.95 Å². The average Bonchev–Trinajstić information content (AvgIpc) is 3.27. The summed E-state index contributed by atoms with van der Waals surface area (Å²) in [5, 5.41) is 5.91. The Balaban J connectivity index is 0.000000196. The summed E-state index contributed by atoms with van der Waals surface area (Å²) in [6.45, 7) is 1.03. The van der Waals surface area contributed by atoms with E-state index in [1.807, 2.05) is 103 Å². The maximum atomic E-state index is 12.5. The maximum absolute atomic E-state index is 12.5. The molecule has 0 bridgehead atoms. The summed E-state index contributed by atoms with van der Waals surface area (Å²) in [5.41, 5.74) is 20.5. The summed E-state index contributed by atoms with van der Waals surface area (Å²) in [6.07, 6.45) is 8.55. The standard InChI is InChI=1S/C24H21N5O.C22H21N3O3/c25-21-6-2-1-4-19(21)14-23(30)18-9-7-17(8-10-18)15-28-24-27-13-11-22(29-24)20-5-3-12-26-16-20;23-20-6-2-1-5-19(20)12-21(26)18-9-7-16(8-10-18)14-25-22(27)28-15-17-4-3-11-24-13-17/h1-13,16H,14-15,25H2,(H,27,28,29);1-11,13H,12,14-15,23H2,(H,25,27). The zero-order valence-electron chi connectivity index (χ0n) is 31.6. The Morgan fingerprint density at radius 2 is 1.14 bits per heavy atom. The molecule has 0 saturated carbocycles. The number of aromatic nitrogens is 4. The zero-order chi connectivity index (χ0) is 40.5. The SMILES string of the molecule is Nc1ccccc1CC(=O)c1ccc(CNC(=O)OCc2cccnc2)cc1.Nc1ccccc1CC(=O)c1ccc(CNc2nccc(-c3cccnc3)n2)cc1. The van der Waals surface area contributed by atoms with E-state index in [0.717, 1.165) is 39.1 Å². The first-order valence-electron chi connectivity index (χ1n) is 18.5. The Morgan fingerprint density at radius 3 is 1.69 bits per heavy atom. The number of hydrogen-bond donors (Lipinski definition) is 4. The Hall–Kier alpha value is -7.73. The number of nitrogens with two attached hydrogens (primary N) is 2. The molecular formula is C46H42N8O4. The normalized spacial score (nSPS) is 10.4. The fourth-order valence-corrected chi connectivity index (χ4v) is 5.72. The van der Waals surface area contributed by atoms with Crippen molar-refractivity contribution in [1.82, 2.24) is 25.3 Å². The van der Waals surface area contributed by atoms with E-state index in [0.29, 0.717) is 48.0 Å². The molecular weight excluding hydrogens is 729 g/mol. The van der Waals surface area contributed by atoms with Gasteiger partial charge in [0.15, 0.2) is 11.6 Å². The van der Waals surface area contributed by atoms with E-state index in [4.69, 9.17) is 16.2 Å². The van der Waals surface area contributed by atoms with E-state index < -0.39 is 6.09 Å². The van der Waals surface area contributed by atoms with Gasteiger partial charge in [-0.15, -0.1) is 0 Å². The van der Waals surface area contributed by atoms with Gasteiger partial charge in [-0.25, -0.2) is 14.8 Å². The van der Waals surface area contributed by atoms with E-state index in [-0.39, 0.29) is 24.6 Å². The quantitative estimate of drug-likeness (QED) is 0.0628. The third kappa shape index (κ3) is 11.9. The molecule has 1 amide bonds. The molecule has 3 aromatic heterocycles. The van der Waals surface area contributed by atoms with Crippen LogP contribution in [0.4, 0.5) is 22.1 Å². The Kier molecular flexibility index (Phi) is 14.0. The Labute approximate surface area is 336 Å². The highest BCUT2D eigenvalue weighted by atomic mass is 16.5. The number of carbonyl (C=O) groups excluding carboxylic acids is 3. The van der Waals surface area contributed by atoms with Crippen molar-refractivity contribution in [2.45, 2.75) is 32.5 Å². The van der Waals surface area contributed by atoms with E-state index in [2.05, 4.69) is 30.6 Å². The van der Waals surface area contributed by atoms with Crippen LogP contribution < -0.4 is 22.1 Å². The largest absolute Gasteiger partial charge is 0.445 e. The smallest absolute Gasteiger partial charge is 0.407 e. The molecule has 0 fully saturated rings. The van der Waals surface area contributed by atoms with Crippen LogP contribution in [0.5, 0.6) is 0 Å². The van der Waals surface area contributed by atoms with Crippen LogP contribution in [0.1, 0.15) is 48.5 Å². The van der Waals surface area contributed by atoms with Crippen LogP contribution in [-0.4, -0.2) is 37.6 Å². The van der Waals surface area contributed by atoms with E-state index in [1.165, 1.54) is 0 Å². The molecule has 3 heterocycles. The summed E-state index contributed by atoms with van der Waals surface area (Å²) in [4.78, 5) is 53.6. The number of anilines is 3. The lowest BCUT2D eigenvalue weighted by atomic mass is 10.0. The van der Waals surface area contributed by atoms with Gasteiger partial charge in [0.1, 0.15) is 6.61 Å². The second kappa shape index (κ2) is 20.3. The number of amides is 1. The van der Waals surface area contributed by atoms with Gasteiger partial charge in [0.25, 0.3) is 0 Å². The Bertz CT molecular complexity index is 2430. The fourth-order valence-electron chi connectivity index (χ4n) is 5.72. The number of ketones is 2. The second-order valence-corrected chi connectivity index (χ2v) is 13.1. The number of alkyl carbamates (subject to hydrolysis) is 1. The van der Waals surface area contributed by atoms with Crippen LogP contribution in [0.15, 0.2) is 158 Å². The maximum Gasteiger partial charge on any atom is 0.407 e. The lowest BCUT2D eigenvalue weighted by Gasteiger charge is -2.08. The molecule has 0 aliphatic heterocycles. The van der Waals surface area contributed by atoms with Crippen molar-refractivity contribution in [1.29, 1.82) is 0 Å². The molecule has 290 valence electrons. The minimum atomic E-state index is -0.511. The molecule has 0 spiro atoms. The van der Waals surface area contributed by atoms with Gasteiger partial charge < -0.3 is 26.8 Å². The van der Waals surface area contributed by atoms with Crippen LogP contribution in [0, 0.1) is 0 Å². The molecule has 12 heteroatoms. The van der Waals surface area contributed by atoms with Crippen molar-refractivity contribution < 1.29 is 19.1 Å². The number of carbonyl (C=O) groups is 3. The van der Waals surface area contributed by atoms with E-state index >= 15 is 0 Å². The molecule has 7 rings (SSSR count). The van der Waals surface area contributed by atoms with Gasteiger partial charge in [-0.1, -0.05) is 91.0 Å². The van der Waals surface area contributed by atoms with Crippen LogP contribution in [-0.2, 0) is 37.3 Å². The zero-order valence-corrected chi connectivity index (χ0v) is 31.6. The minimum Gasteiger partial charge on any atom is -0.445 e. The van der Waals surface area contributed by atoms with Crippen LogP contribution >= 0.6 is 0 Å². The summed E-state index contributed by atoms with van der Waals surface area (Å²) < 4.78 is 5.13. The third-order valence-corrected chi connectivity index (χ3v) is 8.96. The fraction of sp³-hybridized carbons (Fsp3) is 0.109. The molecule has 6 N–H and O–H groups in total. The van der Waals surface area contributed by atoms with Gasteiger partial charge in [-0.05, 0) is 58.7 Å². The lowest BCUT2D eigenvalue weighted by Crippen LogP contribution is -2.23. The summed E-state index contributed by atoms with van der Waals surface area (Å²) >= 11 is 0. The van der Waals surface area contributed by atoms with Crippen molar-refractivity contribution in [2.24, 2.45) is 0 Å². The van der Waals surface area contributed by atoms with Crippen LogP contribution in [0.3, 0.4) is 0 Å². The first kappa shape index (κ1) is 39.9. The predicted molar refractivity (Wildman–Crippen MR) is 225 cm³/mol. The highest BCUT2D eigenvalue weighted by molar-refractivity contribution is 5.98. The van der Waals surface area contributed by atoms with Crippen LogP contribution in [0.25, 0.3) is 11.3 Å². The van der Waals surface area contributed by atoms with Gasteiger partial charge in [0, 0.05) is 90.5 Å². The summed E-state index contributed by atoms with van der Waals surface area (Å²) in [5.74, 6) is 0.573. The molecule has 0 atom stereocenters. The Morgan fingerprint density at radius 1 is 0.569 bits per heavy atom. The number of hydrogen-bond acceptors (Lipinski definition) is 11. The van der Waals surface area contributed by atoms with Gasteiger partial charge in [0.05, 0.1) is 5.69 Å². The van der Waals surface area contributed by atoms with Crippen molar-refractivity contribution in [3.05, 3.63) is 197 Å². The molecule has 12 nitrogen and oxygen atoms in total. The van der Waals surface area contributed by atoms with Crippen molar-refractivity contribution in [3.63, 3.8) is 0 Å². The molecule has 0 aliphatic rings. The topological polar surface area (TPSA) is 188 Å². The van der Waals surface area contributed by atoms with Crippen LogP contribution in [0.2, 0.25) is 0 Å². The number of para-hydroxylation sites is 2. The summed E-state index contributed by atoms with van der Waals surface area (Å²) in [6, 6.07) is 38.7. The summed E-state index contributed by atoms with van der Waals surface area (Å²) in [7, 11) is 0. The first-order valence-corrected chi connectivity index (χ1v) is 18.5.